The standard InChI is InChI=1S/C18H25N5O3/c1-13(19-18(24)23-10-4-9-22(2)11-12-23)17-20-16(21-26-17)14-5-7-15(25-3)8-6-14/h5-8,13H,4,9-12H2,1-3H3,(H,19,24)/t13-/m1/s1. The second-order valence-corrected chi connectivity index (χ2v) is 6.50. The molecule has 1 aliphatic heterocycles. The summed E-state index contributed by atoms with van der Waals surface area (Å²) in [6, 6.07) is 6.95. The van der Waals surface area contributed by atoms with Gasteiger partial charge in [-0.15, -0.1) is 0 Å². The molecule has 0 aliphatic carbocycles. The van der Waals surface area contributed by atoms with E-state index in [4.69, 9.17) is 9.26 Å². The smallest absolute Gasteiger partial charge is 0.318 e. The van der Waals surface area contributed by atoms with Crippen LogP contribution in [0, 0.1) is 0 Å². The molecule has 26 heavy (non-hydrogen) atoms. The monoisotopic (exact) mass is 359 g/mol. The molecule has 1 aromatic heterocycles. The number of nitrogens with one attached hydrogen (secondary N) is 1. The Balaban J connectivity index is 1.62. The topological polar surface area (TPSA) is 83.7 Å². The third-order valence-corrected chi connectivity index (χ3v) is 4.51. The summed E-state index contributed by atoms with van der Waals surface area (Å²) in [7, 11) is 3.69. The molecular weight excluding hydrogens is 334 g/mol. The minimum atomic E-state index is -0.358. The van der Waals surface area contributed by atoms with Crippen molar-refractivity contribution in [1.29, 1.82) is 0 Å². The molecule has 0 unspecified atom stereocenters. The van der Waals surface area contributed by atoms with Gasteiger partial charge in [0.2, 0.25) is 11.7 Å². The van der Waals surface area contributed by atoms with Crippen LogP contribution in [0.3, 0.4) is 0 Å². The highest BCUT2D eigenvalue weighted by Crippen LogP contribution is 2.21. The first-order valence-electron chi connectivity index (χ1n) is 8.79. The summed E-state index contributed by atoms with van der Waals surface area (Å²) >= 11 is 0. The van der Waals surface area contributed by atoms with Crippen molar-refractivity contribution in [3.8, 4) is 17.1 Å². The number of urea groups is 1. The van der Waals surface area contributed by atoms with Gasteiger partial charge in [0, 0.05) is 25.2 Å². The second kappa shape index (κ2) is 8.18. The van der Waals surface area contributed by atoms with Crippen molar-refractivity contribution in [2.24, 2.45) is 0 Å². The van der Waals surface area contributed by atoms with Gasteiger partial charge >= 0.3 is 6.03 Å². The highest BCUT2D eigenvalue weighted by molar-refractivity contribution is 5.74. The predicted octanol–water partition coefficient (Wildman–Crippen LogP) is 2.15. The maximum Gasteiger partial charge on any atom is 0.318 e. The number of benzene rings is 1. The third kappa shape index (κ3) is 4.32. The van der Waals surface area contributed by atoms with E-state index in [1.54, 1.807) is 7.11 Å². The van der Waals surface area contributed by atoms with Crippen molar-refractivity contribution in [3.05, 3.63) is 30.2 Å². The molecule has 1 aliphatic rings. The highest BCUT2D eigenvalue weighted by atomic mass is 16.5. The van der Waals surface area contributed by atoms with Gasteiger partial charge in [-0.25, -0.2) is 4.79 Å². The fourth-order valence-electron chi connectivity index (χ4n) is 2.86. The van der Waals surface area contributed by atoms with Crippen LogP contribution in [0.25, 0.3) is 11.4 Å². The third-order valence-electron chi connectivity index (χ3n) is 4.51. The van der Waals surface area contributed by atoms with E-state index in [1.165, 1.54) is 0 Å². The van der Waals surface area contributed by atoms with E-state index in [1.807, 2.05) is 36.1 Å². The van der Waals surface area contributed by atoms with Crippen LogP contribution in [0.15, 0.2) is 28.8 Å². The number of likely N-dealkylation sites (N-methyl/N-ethyl adjacent to an activating group) is 1. The summed E-state index contributed by atoms with van der Waals surface area (Å²) in [6.45, 7) is 5.20. The number of hydrogen-bond acceptors (Lipinski definition) is 6. The number of aromatic nitrogens is 2. The number of amides is 2. The molecule has 2 amide bonds. The number of rotatable bonds is 4. The van der Waals surface area contributed by atoms with Gasteiger partial charge in [-0.1, -0.05) is 5.16 Å². The van der Waals surface area contributed by atoms with Crippen molar-refractivity contribution in [2.75, 3.05) is 40.3 Å². The fourth-order valence-corrected chi connectivity index (χ4v) is 2.86. The zero-order valence-corrected chi connectivity index (χ0v) is 15.4. The molecule has 0 bridgehead atoms. The van der Waals surface area contributed by atoms with Crippen molar-refractivity contribution in [3.63, 3.8) is 0 Å². The summed E-state index contributed by atoms with van der Waals surface area (Å²) in [5.74, 6) is 1.64. The summed E-state index contributed by atoms with van der Waals surface area (Å²) in [5, 5.41) is 6.95. The Bertz CT molecular complexity index is 731. The van der Waals surface area contributed by atoms with E-state index in [0.29, 0.717) is 11.7 Å². The average Bonchev–Trinajstić information content (AvgIpc) is 3.04. The Morgan fingerprint density at radius 1 is 1.23 bits per heavy atom. The van der Waals surface area contributed by atoms with Gasteiger partial charge in [0.25, 0.3) is 0 Å². The van der Waals surface area contributed by atoms with Gasteiger partial charge in [-0.2, -0.15) is 4.98 Å². The zero-order chi connectivity index (χ0) is 18.5. The summed E-state index contributed by atoms with van der Waals surface area (Å²) < 4.78 is 10.5. The Morgan fingerprint density at radius 3 is 2.73 bits per heavy atom. The molecule has 1 fully saturated rings. The molecule has 1 atom stereocenters. The maximum atomic E-state index is 12.5. The summed E-state index contributed by atoms with van der Waals surface area (Å²) in [4.78, 5) is 21.0. The minimum Gasteiger partial charge on any atom is -0.497 e. The van der Waals surface area contributed by atoms with Gasteiger partial charge in [0.05, 0.1) is 7.11 Å². The lowest BCUT2D eigenvalue weighted by Gasteiger charge is -2.22. The number of methoxy groups -OCH3 is 1. The Morgan fingerprint density at radius 2 is 2.00 bits per heavy atom. The lowest BCUT2D eigenvalue weighted by Crippen LogP contribution is -2.42. The van der Waals surface area contributed by atoms with Crippen LogP contribution in [-0.2, 0) is 0 Å². The van der Waals surface area contributed by atoms with Gasteiger partial charge in [0.15, 0.2) is 0 Å². The van der Waals surface area contributed by atoms with Crippen molar-refractivity contribution >= 4 is 6.03 Å². The minimum absolute atomic E-state index is 0.100. The van der Waals surface area contributed by atoms with Crippen LogP contribution in [0.1, 0.15) is 25.3 Å². The molecule has 0 radical (unpaired) electrons. The first kappa shape index (κ1) is 18.2. The van der Waals surface area contributed by atoms with Crippen LogP contribution in [0.2, 0.25) is 0 Å². The van der Waals surface area contributed by atoms with Crippen LogP contribution >= 0.6 is 0 Å². The molecule has 8 heteroatoms. The summed E-state index contributed by atoms with van der Waals surface area (Å²) in [5.41, 5.74) is 0.829. The fraction of sp³-hybridized carbons (Fsp3) is 0.500. The molecule has 1 aromatic carbocycles. The van der Waals surface area contributed by atoms with E-state index in [2.05, 4.69) is 27.4 Å². The molecule has 3 rings (SSSR count). The number of carbonyl (C=O) groups excluding carboxylic acids is 1. The normalized spacial score (nSPS) is 16.8. The van der Waals surface area contributed by atoms with Crippen LogP contribution in [-0.4, -0.2) is 66.3 Å². The molecule has 1 saturated heterocycles. The SMILES string of the molecule is COc1ccc(-c2noc([C@@H](C)NC(=O)N3CCCN(C)CC3)n2)cc1. The molecule has 2 heterocycles. The van der Waals surface area contributed by atoms with Gasteiger partial charge in [-0.05, 0) is 51.2 Å². The van der Waals surface area contributed by atoms with Crippen molar-refractivity contribution < 1.29 is 14.1 Å². The Labute approximate surface area is 153 Å². The molecule has 0 saturated carbocycles. The van der Waals surface area contributed by atoms with Crippen LogP contribution in [0.4, 0.5) is 4.79 Å². The van der Waals surface area contributed by atoms with E-state index < -0.39 is 0 Å². The average molecular weight is 359 g/mol. The second-order valence-electron chi connectivity index (χ2n) is 6.50. The molecular formula is C18H25N5O3. The lowest BCUT2D eigenvalue weighted by atomic mass is 10.2. The number of hydrogen-bond donors (Lipinski definition) is 1. The molecule has 2 aromatic rings. The van der Waals surface area contributed by atoms with E-state index in [0.717, 1.165) is 43.9 Å². The molecule has 1 N–H and O–H groups in total. The number of carbonyl (C=O) groups is 1. The lowest BCUT2D eigenvalue weighted by molar-refractivity contribution is 0.193. The van der Waals surface area contributed by atoms with E-state index >= 15 is 0 Å². The number of ether oxygens (including phenoxy) is 1. The first-order valence-corrected chi connectivity index (χ1v) is 8.79. The summed E-state index contributed by atoms with van der Waals surface area (Å²) in [6.07, 6.45) is 0.973. The Kier molecular flexibility index (Phi) is 5.72. The largest absolute Gasteiger partial charge is 0.497 e. The molecule has 140 valence electrons. The molecule has 8 nitrogen and oxygen atoms in total. The van der Waals surface area contributed by atoms with Gasteiger partial charge < -0.3 is 24.4 Å². The van der Waals surface area contributed by atoms with Gasteiger partial charge in [-0.3, -0.25) is 0 Å². The quantitative estimate of drug-likeness (QED) is 0.901. The van der Waals surface area contributed by atoms with Crippen LogP contribution in [0.5, 0.6) is 5.75 Å². The highest BCUT2D eigenvalue weighted by Gasteiger charge is 2.22. The number of nitrogens with zero attached hydrogens (tertiary/aromatic N) is 4. The predicted molar refractivity (Wildman–Crippen MR) is 96.9 cm³/mol. The zero-order valence-electron chi connectivity index (χ0n) is 15.4. The Hall–Kier alpha value is -2.61. The van der Waals surface area contributed by atoms with Crippen molar-refractivity contribution in [1.82, 2.24) is 25.3 Å². The first-order chi connectivity index (χ1) is 12.6. The van der Waals surface area contributed by atoms with E-state index in [9.17, 15) is 4.79 Å². The maximum absolute atomic E-state index is 12.5. The molecule has 0 spiro atoms. The van der Waals surface area contributed by atoms with Crippen LogP contribution < -0.4 is 10.1 Å². The van der Waals surface area contributed by atoms with Crippen molar-refractivity contribution in [2.45, 2.75) is 19.4 Å². The van der Waals surface area contributed by atoms with Gasteiger partial charge in [0.1, 0.15) is 11.8 Å². The van der Waals surface area contributed by atoms with E-state index in [-0.39, 0.29) is 12.1 Å².